The highest BCUT2D eigenvalue weighted by atomic mass is 15.2. The molecule has 4 heteroatoms. The molecule has 0 fully saturated rings. The molecule has 0 spiro atoms. The van der Waals surface area contributed by atoms with Crippen LogP contribution >= 0.6 is 0 Å². The van der Waals surface area contributed by atoms with E-state index in [0.29, 0.717) is 0 Å². The van der Waals surface area contributed by atoms with Crippen LogP contribution in [0.4, 0.5) is 17.1 Å². The van der Waals surface area contributed by atoms with Crippen molar-refractivity contribution in [1.82, 2.24) is 9.88 Å². The van der Waals surface area contributed by atoms with Crippen LogP contribution in [0.2, 0.25) is 0 Å². The van der Waals surface area contributed by atoms with Gasteiger partial charge in [0.05, 0.1) is 40.5 Å². The van der Waals surface area contributed by atoms with Crippen LogP contribution < -0.4 is 10.2 Å². The molecule has 11 rings (SSSR count). The van der Waals surface area contributed by atoms with E-state index in [1.54, 1.807) is 0 Å². The summed E-state index contributed by atoms with van der Waals surface area (Å²) >= 11 is 0. The van der Waals surface area contributed by atoms with Crippen molar-refractivity contribution in [2.24, 2.45) is 4.99 Å². The number of aromatic nitrogens is 1. The van der Waals surface area contributed by atoms with Gasteiger partial charge in [-0.15, -0.1) is 0 Å². The Kier molecular flexibility index (Phi) is 8.18. The van der Waals surface area contributed by atoms with Gasteiger partial charge in [0.15, 0.2) is 0 Å². The van der Waals surface area contributed by atoms with Crippen LogP contribution in [-0.4, -0.2) is 10.8 Å². The molecule has 0 radical (unpaired) electrons. The van der Waals surface area contributed by atoms with Gasteiger partial charge in [0.1, 0.15) is 0 Å². The highest BCUT2D eigenvalue weighted by Crippen LogP contribution is 2.55. The second kappa shape index (κ2) is 14.1. The van der Waals surface area contributed by atoms with Gasteiger partial charge in [-0.1, -0.05) is 152 Å². The SMILES string of the molecule is C1=NC=C(c2ccccc2)NC1c1cccc(-c2cc(-c3ccccc3)cc(N3c4ccccc4-c4c(n(-c5ccccc5)c5ccccc45)-c4ccccc43)c2)c1. The number of benzene rings is 8. The first-order valence-corrected chi connectivity index (χ1v) is 19.8. The zero-order valence-corrected chi connectivity index (χ0v) is 31.7. The van der Waals surface area contributed by atoms with Crippen molar-refractivity contribution < 1.29 is 0 Å². The summed E-state index contributed by atoms with van der Waals surface area (Å²) in [5.41, 5.74) is 18.4. The monoisotopic (exact) mass is 742 g/mol. The summed E-state index contributed by atoms with van der Waals surface area (Å²) in [6, 6.07) is 74.3. The third-order valence-electron chi connectivity index (χ3n) is 11.4. The lowest BCUT2D eigenvalue weighted by Gasteiger charge is -2.29. The summed E-state index contributed by atoms with van der Waals surface area (Å²) in [4.78, 5) is 7.15. The van der Waals surface area contributed by atoms with Crippen molar-refractivity contribution in [3.63, 3.8) is 0 Å². The van der Waals surface area contributed by atoms with Gasteiger partial charge in [-0.3, -0.25) is 4.99 Å². The average molecular weight is 743 g/mol. The van der Waals surface area contributed by atoms with E-state index in [2.05, 4.69) is 220 Å². The van der Waals surface area contributed by atoms with E-state index in [0.717, 1.165) is 56.3 Å². The first kappa shape index (κ1) is 33.6. The minimum atomic E-state index is -0.0646. The molecule has 0 aliphatic carbocycles. The van der Waals surface area contributed by atoms with Gasteiger partial charge in [-0.05, 0) is 88.0 Å². The van der Waals surface area contributed by atoms with E-state index >= 15 is 0 Å². The number of rotatable bonds is 6. The number of aliphatic imine (C=N–C) groups is 1. The van der Waals surface area contributed by atoms with E-state index in [-0.39, 0.29) is 6.04 Å². The van der Waals surface area contributed by atoms with Crippen LogP contribution in [-0.2, 0) is 0 Å². The normalized spacial score (nSPS) is 14.2. The van der Waals surface area contributed by atoms with E-state index in [1.807, 2.05) is 18.5 Å². The molecule has 4 nitrogen and oxygen atoms in total. The third-order valence-corrected chi connectivity index (χ3v) is 11.4. The number of hydrogen-bond acceptors (Lipinski definition) is 3. The predicted molar refractivity (Wildman–Crippen MR) is 242 cm³/mol. The molecule has 3 heterocycles. The van der Waals surface area contributed by atoms with Crippen LogP contribution in [0.25, 0.3) is 66.9 Å². The molecule has 8 aromatic carbocycles. The van der Waals surface area contributed by atoms with Crippen molar-refractivity contribution in [3.8, 4) is 50.3 Å². The number of nitrogens with zero attached hydrogens (tertiary/aromatic N) is 3. The Bertz CT molecular complexity index is 3030. The summed E-state index contributed by atoms with van der Waals surface area (Å²) in [6.45, 7) is 0. The standard InChI is InChI=1S/C54H38N4/c1-4-17-37(18-5-1)41-32-42(39-21-16-22-40(31-39)49-36-55-35-48(56-49)38-19-6-2-7-20-38)34-44(33-41)57-50-28-13-10-25-45(50)53-46-26-11-14-29-51(46)58(43-23-8-3-9-24-43)54(53)47-27-12-15-30-52(47)57/h1-36,49,56H. The molecule has 0 saturated carbocycles. The summed E-state index contributed by atoms with van der Waals surface area (Å²) in [5.74, 6) is 0. The lowest BCUT2D eigenvalue weighted by atomic mass is 9.94. The minimum absolute atomic E-state index is 0.0646. The van der Waals surface area contributed by atoms with Crippen molar-refractivity contribution >= 4 is 39.9 Å². The predicted octanol–water partition coefficient (Wildman–Crippen LogP) is 13.8. The molecule has 0 saturated heterocycles. The summed E-state index contributed by atoms with van der Waals surface area (Å²) in [6.07, 6.45) is 3.90. The van der Waals surface area contributed by atoms with Crippen LogP contribution in [0.15, 0.2) is 217 Å². The smallest absolute Gasteiger partial charge is 0.0870 e. The highest BCUT2D eigenvalue weighted by molar-refractivity contribution is 6.13. The molecule has 1 unspecified atom stereocenters. The maximum absolute atomic E-state index is 4.67. The lowest BCUT2D eigenvalue weighted by molar-refractivity contribution is 0.813. The van der Waals surface area contributed by atoms with Crippen LogP contribution in [0.5, 0.6) is 0 Å². The van der Waals surface area contributed by atoms with E-state index < -0.39 is 0 Å². The average Bonchev–Trinajstić information content (AvgIpc) is 3.59. The molecule has 1 N–H and O–H groups in total. The quantitative estimate of drug-likeness (QED) is 0.184. The molecule has 9 aromatic rings. The largest absolute Gasteiger partial charge is 0.372 e. The van der Waals surface area contributed by atoms with Crippen LogP contribution in [0.3, 0.4) is 0 Å². The van der Waals surface area contributed by atoms with Crippen molar-refractivity contribution in [2.45, 2.75) is 6.04 Å². The molecule has 58 heavy (non-hydrogen) atoms. The van der Waals surface area contributed by atoms with Gasteiger partial charge in [-0.2, -0.15) is 0 Å². The third kappa shape index (κ3) is 5.74. The molecule has 2 aliphatic rings. The fourth-order valence-electron chi connectivity index (χ4n) is 8.78. The van der Waals surface area contributed by atoms with E-state index in [9.17, 15) is 0 Å². The highest BCUT2D eigenvalue weighted by Gasteiger charge is 2.31. The number of hydrogen-bond donors (Lipinski definition) is 1. The van der Waals surface area contributed by atoms with Crippen molar-refractivity contribution in [3.05, 3.63) is 224 Å². The van der Waals surface area contributed by atoms with Crippen LogP contribution in [0.1, 0.15) is 17.2 Å². The zero-order chi connectivity index (χ0) is 38.4. The molecular formula is C54H38N4. The Morgan fingerprint density at radius 1 is 0.448 bits per heavy atom. The molecule has 1 atom stereocenters. The van der Waals surface area contributed by atoms with Gasteiger partial charge in [0.2, 0.25) is 0 Å². The Hall–Kier alpha value is -7.69. The topological polar surface area (TPSA) is 32.6 Å². The minimum Gasteiger partial charge on any atom is -0.372 e. The Morgan fingerprint density at radius 2 is 1.05 bits per heavy atom. The molecule has 1 aromatic heterocycles. The van der Waals surface area contributed by atoms with Gasteiger partial charge in [-0.25, -0.2) is 0 Å². The summed E-state index contributed by atoms with van der Waals surface area (Å²) < 4.78 is 2.45. The molecule has 2 aliphatic heterocycles. The second-order valence-electron chi connectivity index (χ2n) is 14.9. The summed E-state index contributed by atoms with van der Waals surface area (Å²) in [7, 11) is 0. The van der Waals surface area contributed by atoms with Crippen LogP contribution in [0, 0.1) is 0 Å². The first-order chi connectivity index (χ1) is 28.8. The number of para-hydroxylation sites is 4. The van der Waals surface area contributed by atoms with Crippen molar-refractivity contribution in [1.29, 1.82) is 0 Å². The van der Waals surface area contributed by atoms with E-state index in [4.69, 9.17) is 0 Å². The molecule has 0 amide bonds. The summed E-state index contributed by atoms with van der Waals surface area (Å²) in [5, 5.41) is 4.96. The van der Waals surface area contributed by atoms with Gasteiger partial charge >= 0.3 is 0 Å². The molecule has 274 valence electrons. The second-order valence-corrected chi connectivity index (χ2v) is 14.9. The Morgan fingerprint density at radius 3 is 1.83 bits per heavy atom. The van der Waals surface area contributed by atoms with E-state index in [1.165, 1.54) is 38.9 Å². The molecule has 0 bridgehead atoms. The fourth-order valence-corrected chi connectivity index (χ4v) is 8.78. The van der Waals surface area contributed by atoms with Gasteiger partial charge in [0.25, 0.3) is 0 Å². The Labute approximate surface area is 338 Å². The lowest BCUT2D eigenvalue weighted by Crippen LogP contribution is -2.23. The maximum Gasteiger partial charge on any atom is 0.0870 e. The maximum atomic E-state index is 4.67. The van der Waals surface area contributed by atoms with Gasteiger partial charge in [0, 0.05) is 39.7 Å². The molecular weight excluding hydrogens is 705 g/mol. The zero-order valence-electron chi connectivity index (χ0n) is 31.7. The van der Waals surface area contributed by atoms with Crippen molar-refractivity contribution in [2.75, 3.05) is 4.90 Å². The fraction of sp³-hybridized carbons (Fsp3) is 0.0185. The Balaban J connectivity index is 1.11. The number of fused-ring (bicyclic) bond motifs is 7. The number of anilines is 3. The number of nitrogens with one attached hydrogen (secondary N) is 1. The van der Waals surface area contributed by atoms with Gasteiger partial charge < -0.3 is 14.8 Å². The first-order valence-electron chi connectivity index (χ1n) is 19.8.